The van der Waals surface area contributed by atoms with Gasteiger partial charge in [-0.2, -0.15) is 0 Å². The Balaban J connectivity index is 1.48. The van der Waals surface area contributed by atoms with Gasteiger partial charge >= 0.3 is 17.6 Å². The summed E-state index contributed by atoms with van der Waals surface area (Å²) in [6, 6.07) is 22.9. The predicted octanol–water partition coefficient (Wildman–Crippen LogP) is 5.82. The van der Waals surface area contributed by atoms with Gasteiger partial charge in [-0.3, -0.25) is 14.6 Å². The Hall–Kier alpha value is -5.13. The van der Waals surface area contributed by atoms with E-state index in [1.807, 2.05) is 48.5 Å². The Morgan fingerprint density at radius 2 is 1.52 bits per heavy atom. The van der Waals surface area contributed by atoms with E-state index in [0.717, 1.165) is 34.0 Å². The van der Waals surface area contributed by atoms with Crippen LogP contribution in [0.3, 0.4) is 0 Å². The van der Waals surface area contributed by atoms with Crippen LogP contribution in [0, 0.1) is 4.64 Å². The third-order valence-electron chi connectivity index (χ3n) is 7.25. The first-order valence-electron chi connectivity index (χ1n) is 13.5. The lowest BCUT2D eigenvalue weighted by atomic mass is 9.83. The lowest BCUT2D eigenvalue weighted by Gasteiger charge is -2.21. The number of hydrogen-bond acceptors (Lipinski definition) is 7. The molecule has 0 amide bonds. The first kappa shape index (κ1) is 29.0. The monoisotopic (exact) mass is 620 g/mol. The summed E-state index contributed by atoms with van der Waals surface area (Å²) in [6.45, 7) is 0. The molecule has 2 heterocycles. The summed E-state index contributed by atoms with van der Waals surface area (Å²) in [4.78, 5) is 47.8. The number of nitrogens with zero attached hydrogens (tertiary/aromatic N) is 3. The van der Waals surface area contributed by atoms with Crippen molar-refractivity contribution in [3.05, 3.63) is 134 Å². The van der Waals surface area contributed by atoms with Gasteiger partial charge in [-0.15, -0.1) is 0 Å². The van der Waals surface area contributed by atoms with Crippen molar-refractivity contribution in [3.8, 4) is 17.1 Å². The number of fused-ring (bicyclic) bond motifs is 2. The molecule has 9 nitrogen and oxygen atoms in total. The van der Waals surface area contributed by atoms with Crippen LogP contribution >= 0.6 is 24.0 Å². The molecular formula is C33H24N4O5S2. The van der Waals surface area contributed by atoms with Gasteiger partial charge in [0.15, 0.2) is 0 Å². The minimum absolute atomic E-state index is 0.0509. The van der Waals surface area contributed by atoms with Crippen molar-refractivity contribution in [2.75, 3.05) is 5.75 Å². The largest absolute Gasteiger partial charge is 0.481 e. The number of aromatic nitrogens is 4. The molecule has 5 aromatic rings. The van der Waals surface area contributed by atoms with E-state index < -0.39 is 17.6 Å². The molecule has 0 spiro atoms. The number of nitrogens with one attached hydrogen (secondary N) is 1. The predicted molar refractivity (Wildman–Crippen MR) is 171 cm³/mol. The first-order chi connectivity index (χ1) is 21.3. The van der Waals surface area contributed by atoms with E-state index in [9.17, 15) is 19.5 Å². The van der Waals surface area contributed by atoms with E-state index in [2.05, 4.69) is 27.1 Å². The van der Waals surface area contributed by atoms with Gasteiger partial charge in [-0.1, -0.05) is 109 Å². The summed E-state index contributed by atoms with van der Waals surface area (Å²) in [5, 5.41) is 18.8. The molecule has 0 unspecified atom stereocenters. The summed E-state index contributed by atoms with van der Waals surface area (Å²) < 4.78 is 1.58. The fraction of sp³-hybridized carbons (Fsp3) is 0.0909. The second kappa shape index (κ2) is 12.2. The standard InChI is InChI=1S/C33H24N4O5S2/c38-27(39)15-19-9-11-22(12-10-19)25-16-34-32(36-31(25)44-18-28(40)41)37-17-26(30(43)35-33(37)42)29-23-7-3-1-5-20(23)13-14-21-6-2-4-8-24(21)29/h1-14,16-17,29H,15,18H2,(H,38,39)(H,40,41)(H,35,42,43). The Labute approximate surface area is 260 Å². The van der Waals surface area contributed by atoms with Crippen LogP contribution in [0.5, 0.6) is 0 Å². The van der Waals surface area contributed by atoms with Crippen LogP contribution in [0.4, 0.5) is 0 Å². The maximum absolute atomic E-state index is 13.3. The van der Waals surface area contributed by atoms with Crippen LogP contribution < -0.4 is 5.69 Å². The second-order valence-electron chi connectivity index (χ2n) is 10.1. The highest BCUT2D eigenvalue weighted by Crippen LogP contribution is 2.39. The van der Waals surface area contributed by atoms with Crippen LogP contribution in [-0.2, 0) is 16.0 Å². The Morgan fingerprint density at radius 1 is 0.886 bits per heavy atom. The number of carboxylic acids is 2. The molecule has 0 fully saturated rings. The molecule has 0 saturated carbocycles. The minimum Gasteiger partial charge on any atom is -0.481 e. The van der Waals surface area contributed by atoms with E-state index in [4.69, 9.17) is 17.3 Å². The number of carboxylic acid groups (broad SMARTS) is 2. The molecule has 218 valence electrons. The van der Waals surface area contributed by atoms with Gasteiger partial charge in [0.05, 0.1) is 12.2 Å². The summed E-state index contributed by atoms with van der Waals surface area (Å²) >= 11 is 6.71. The molecular weight excluding hydrogens is 597 g/mol. The SMILES string of the molecule is O=C(O)CSc1nc(-n2cc(C3c4ccccc4C=Cc4ccccc43)c(=S)[nH]c2=O)ncc1-c1ccc(CC(=O)O)cc1. The maximum Gasteiger partial charge on any atom is 0.333 e. The smallest absolute Gasteiger partial charge is 0.333 e. The molecule has 3 N–H and O–H groups in total. The second-order valence-corrected chi connectivity index (χ2v) is 11.4. The Kier molecular flexibility index (Phi) is 8.05. The molecule has 1 aliphatic carbocycles. The van der Waals surface area contributed by atoms with Crippen molar-refractivity contribution in [3.63, 3.8) is 0 Å². The zero-order valence-electron chi connectivity index (χ0n) is 23.0. The van der Waals surface area contributed by atoms with E-state index in [-0.39, 0.29) is 24.0 Å². The fourth-order valence-electron chi connectivity index (χ4n) is 5.26. The number of thioether (sulfide) groups is 1. The fourth-order valence-corrected chi connectivity index (χ4v) is 6.25. The normalized spacial score (nSPS) is 12.3. The highest BCUT2D eigenvalue weighted by atomic mass is 32.2. The van der Waals surface area contributed by atoms with Crippen LogP contribution in [0.1, 0.15) is 39.3 Å². The van der Waals surface area contributed by atoms with Gasteiger partial charge in [0, 0.05) is 29.4 Å². The van der Waals surface area contributed by atoms with E-state index in [1.165, 1.54) is 10.8 Å². The van der Waals surface area contributed by atoms with E-state index >= 15 is 0 Å². The Bertz CT molecular complexity index is 2020. The molecule has 2 aromatic heterocycles. The lowest BCUT2D eigenvalue weighted by molar-refractivity contribution is -0.136. The molecule has 0 atom stereocenters. The van der Waals surface area contributed by atoms with Gasteiger partial charge in [0.25, 0.3) is 0 Å². The number of H-pyrrole nitrogens is 1. The van der Waals surface area contributed by atoms with Crippen LogP contribution in [0.2, 0.25) is 0 Å². The van der Waals surface area contributed by atoms with Crippen LogP contribution in [-0.4, -0.2) is 47.4 Å². The summed E-state index contributed by atoms with van der Waals surface area (Å²) in [5.74, 6) is -2.48. The first-order valence-corrected chi connectivity index (χ1v) is 14.9. The van der Waals surface area contributed by atoms with Gasteiger partial charge in [0.2, 0.25) is 5.95 Å². The highest BCUT2D eigenvalue weighted by molar-refractivity contribution is 8.00. The van der Waals surface area contributed by atoms with Gasteiger partial charge in [-0.25, -0.2) is 19.3 Å². The van der Waals surface area contributed by atoms with Crippen molar-refractivity contribution >= 4 is 48.1 Å². The highest BCUT2D eigenvalue weighted by Gasteiger charge is 2.26. The lowest BCUT2D eigenvalue weighted by Crippen LogP contribution is -2.25. The Morgan fingerprint density at radius 3 is 2.14 bits per heavy atom. The quantitative estimate of drug-likeness (QED) is 0.109. The van der Waals surface area contributed by atoms with Crippen LogP contribution in [0.25, 0.3) is 29.2 Å². The molecule has 0 aliphatic heterocycles. The molecule has 1 aliphatic rings. The molecule has 0 bridgehead atoms. The molecule has 0 saturated heterocycles. The van der Waals surface area contributed by atoms with E-state index in [0.29, 0.717) is 31.9 Å². The molecule has 0 radical (unpaired) electrons. The summed E-state index contributed by atoms with van der Waals surface area (Å²) in [6.07, 6.45) is 7.21. The minimum atomic E-state index is -1.03. The number of rotatable bonds is 8. The molecule has 11 heteroatoms. The number of aliphatic carboxylic acids is 2. The van der Waals surface area contributed by atoms with Crippen molar-refractivity contribution < 1.29 is 19.8 Å². The van der Waals surface area contributed by atoms with Gasteiger partial charge in [-0.05, 0) is 33.4 Å². The van der Waals surface area contributed by atoms with Crippen molar-refractivity contribution in [1.82, 2.24) is 19.5 Å². The number of aromatic amines is 1. The number of benzene rings is 3. The van der Waals surface area contributed by atoms with Crippen molar-refractivity contribution in [1.29, 1.82) is 0 Å². The zero-order valence-corrected chi connectivity index (χ0v) is 24.6. The third kappa shape index (κ3) is 5.87. The van der Waals surface area contributed by atoms with Crippen molar-refractivity contribution in [2.45, 2.75) is 17.4 Å². The third-order valence-corrected chi connectivity index (χ3v) is 8.56. The van der Waals surface area contributed by atoms with Crippen molar-refractivity contribution in [2.24, 2.45) is 0 Å². The molecule has 6 rings (SSSR count). The average molecular weight is 621 g/mol. The maximum atomic E-state index is 13.3. The zero-order chi connectivity index (χ0) is 30.8. The molecule has 3 aromatic carbocycles. The average Bonchev–Trinajstić information content (AvgIpc) is 3.17. The topological polar surface area (TPSA) is 138 Å². The number of hydrogen-bond donors (Lipinski definition) is 3. The van der Waals surface area contributed by atoms with Gasteiger partial charge in [0.1, 0.15) is 9.67 Å². The molecule has 44 heavy (non-hydrogen) atoms. The summed E-state index contributed by atoms with van der Waals surface area (Å²) in [7, 11) is 0. The van der Waals surface area contributed by atoms with E-state index in [1.54, 1.807) is 30.5 Å². The summed E-state index contributed by atoms with van der Waals surface area (Å²) in [5.41, 5.74) is 6.12. The van der Waals surface area contributed by atoms with Gasteiger partial charge < -0.3 is 10.2 Å². The number of carbonyl (C=O) groups is 2. The van der Waals surface area contributed by atoms with Crippen LogP contribution in [0.15, 0.2) is 95.0 Å².